The Hall–Kier alpha value is -1.57. The Morgan fingerprint density at radius 1 is 1.43 bits per heavy atom. The normalized spacial score (nSPS) is 24.7. The van der Waals surface area contributed by atoms with E-state index >= 15 is 0 Å². The van der Waals surface area contributed by atoms with E-state index < -0.39 is 0 Å². The van der Waals surface area contributed by atoms with Crippen molar-refractivity contribution in [1.82, 2.24) is 10.2 Å². The molecular formula is C16H25N3O2. The Labute approximate surface area is 126 Å². The minimum Gasteiger partial charge on any atom is -0.352 e. The molecular weight excluding hydrogens is 266 g/mol. The Balaban J connectivity index is 1.89. The highest BCUT2D eigenvalue weighted by atomic mass is 16.2. The van der Waals surface area contributed by atoms with Crippen LogP contribution in [0.15, 0.2) is 0 Å². The average Bonchev–Trinajstić information content (AvgIpc) is 2.89. The molecule has 1 heterocycles. The van der Waals surface area contributed by atoms with E-state index in [9.17, 15) is 9.59 Å². The zero-order valence-corrected chi connectivity index (χ0v) is 12.8. The second-order valence-corrected chi connectivity index (χ2v) is 6.21. The summed E-state index contributed by atoms with van der Waals surface area (Å²) in [4.78, 5) is 26.4. The zero-order valence-electron chi connectivity index (χ0n) is 12.8. The molecule has 2 aliphatic rings. The second kappa shape index (κ2) is 7.44. The first kappa shape index (κ1) is 15.8. The van der Waals surface area contributed by atoms with Crippen LogP contribution in [0.4, 0.5) is 0 Å². The van der Waals surface area contributed by atoms with Crippen molar-refractivity contribution in [2.75, 3.05) is 6.54 Å². The molecule has 2 rings (SSSR count). The van der Waals surface area contributed by atoms with E-state index in [1.165, 1.54) is 19.3 Å². The zero-order chi connectivity index (χ0) is 15.2. The third-order valence-electron chi connectivity index (χ3n) is 4.72. The summed E-state index contributed by atoms with van der Waals surface area (Å²) in [6.45, 7) is 2.51. The van der Waals surface area contributed by atoms with Crippen LogP contribution < -0.4 is 5.32 Å². The third-order valence-corrected chi connectivity index (χ3v) is 4.72. The van der Waals surface area contributed by atoms with Gasteiger partial charge < -0.3 is 10.2 Å². The summed E-state index contributed by atoms with van der Waals surface area (Å²) in [6, 6.07) is 2.33. The summed E-state index contributed by atoms with van der Waals surface area (Å²) in [5, 5.41) is 11.6. The van der Waals surface area contributed by atoms with Crippen molar-refractivity contribution in [1.29, 1.82) is 5.26 Å². The van der Waals surface area contributed by atoms with Gasteiger partial charge in [0.2, 0.25) is 11.8 Å². The molecule has 0 unspecified atom stereocenters. The number of amides is 2. The lowest BCUT2D eigenvalue weighted by molar-refractivity contribution is -0.130. The van der Waals surface area contributed by atoms with Gasteiger partial charge >= 0.3 is 0 Å². The first-order valence-corrected chi connectivity index (χ1v) is 8.12. The molecule has 0 radical (unpaired) electrons. The predicted molar refractivity (Wildman–Crippen MR) is 79.1 cm³/mol. The first-order chi connectivity index (χ1) is 10.2. The van der Waals surface area contributed by atoms with Crippen LogP contribution in [0, 0.1) is 17.2 Å². The molecule has 0 spiro atoms. The molecule has 0 aromatic rings. The summed E-state index contributed by atoms with van der Waals surface area (Å²) in [5.74, 6) is -0.189. The summed E-state index contributed by atoms with van der Waals surface area (Å²) in [7, 11) is 0. The number of rotatable bonds is 5. The minimum absolute atomic E-state index is 0.0660. The maximum atomic E-state index is 12.3. The van der Waals surface area contributed by atoms with E-state index in [0.29, 0.717) is 25.4 Å². The average molecular weight is 291 g/mol. The summed E-state index contributed by atoms with van der Waals surface area (Å²) in [5.41, 5.74) is 0. The van der Waals surface area contributed by atoms with Crippen molar-refractivity contribution in [3.8, 4) is 6.07 Å². The fourth-order valence-electron chi connectivity index (χ4n) is 3.38. The van der Waals surface area contributed by atoms with Crippen LogP contribution in [0.25, 0.3) is 0 Å². The Morgan fingerprint density at radius 2 is 2.14 bits per heavy atom. The van der Waals surface area contributed by atoms with E-state index in [4.69, 9.17) is 5.26 Å². The molecule has 1 saturated heterocycles. The number of nitrogens with one attached hydrogen (secondary N) is 1. The maximum Gasteiger partial charge on any atom is 0.225 e. The van der Waals surface area contributed by atoms with E-state index in [2.05, 4.69) is 11.4 Å². The molecule has 0 aromatic carbocycles. The summed E-state index contributed by atoms with van der Waals surface area (Å²) >= 11 is 0. The number of likely N-dealkylation sites (tertiary alicyclic amines) is 1. The number of hydrogen-bond acceptors (Lipinski definition) is 3. The van der Waals surface area contributed by atoms with Gasteiger partial charge in [-0.1, -0.05) is 26.2 Å². The lowest BCUT2D eigenvalue weighted by atomic mass is 9.94. The molecule has 0 aromatic heterocycles. The van der Waals surface area contributed by atoms with Crippen LogP contribution >= 0.6 is 0 Å². The number of nitrogens with zero attached hydrogens (tertiary/aromatic N) is 2. The van der Waals surface area contributed by atoms with Crippen LogP contribution in [0.1, 0.15) is 58.3 Å². The topological polar surface area (TPSA) is 73.2 Å². The highest BCUT2D eigenvalue weighted by molar-refractivity contribution is 5.89. The number of carbonyl (C=O) groups excluding carboxylic acids is 2. The van der Waals surface area contributed by atoms with Crippen LogP contribution in [0.5, 0.6) is 0 Å². The molecule has 2 amide bonds. The molecule has 116 valence electrons. The van der Waals surface area contributed by atoms with Crippen molar-refractivity contribution < 1.29 is 9.59 Å². The second-order valence-electron chi connectivity index (χ2n) is 6.21. The quantitative estimate of drug-likeness (QED) is 0.841. The van der Waals surface area contributed by atoms with Crippen LogP contribution in [-0.2, 0) is 9.59 Å². The molecule has 1 N–H and O–H groups in total. The van der Waals surface area contributed by atoms with E-state index in [0.717, 1.165) is 19.3 Å². The van der Waals surface area contributed by atoms with Gasteiger partial charge in [-0.3, -0.25) is 9.59 Å². The molecule has 2 atom stereocenters. The fourth-order valence-corrected chi connectivity index (χ4v) is 3.38. The Kier molecular flexibility index (Phi) is 5.60. The number of carbonyl (C=O) groups is 2. The monoisotopic (exact) mass is 291 g/mol. The lowest BCUT2D eigenvalue weighted by Crippen LogP contribution is -2.41. The largest absolute Gasteiger partial charge is 0.352 e. The van der Waals surface area contributed by atoms with Crippen molar-refractivity contribution in [2.24, 2.45) is 5.92 Å². The lowest BCUT2D eigenvalue weighted by Gasteiger charge is -2.31. The molecule has 21 heavy (non-hydrogen) atoms. The van der Waals surface area contributed by atoms with Gasteiger partial charge in [-0.25, -0.2) is 0 Å². The van der Waals surface area contributed by atoms with E-state index in [1.54, 1.807) is 0 Å². The Morgan fingerprint density at radius 3 is 2.76 bits per heavy atom. The van der Waals surface area contributed by atoms with Crippen LogP contribution in [0.2, 0.25) is 0 Å². The van der Waals surface area contributed by atoms with Gasteiger partial charge in [0, 0.05) is 25.0 Å². The molecule has 0 bridgehead atoms. The molecule has 5 heteroatoms. The van der Waals surface area contributed by atoms with E-state index in [1.807, 2.05) is 11.8 Å². The van der Waals surface area contributed by atoms with Gasteiger partial charge in [-0.2, -0.15) is 5.26 Å². The highest BCUT2D eigenvalue weighted by Gasteiger charge is 2.38. The molecule has 1 aliphatic heterocycles. The molecule has 5 nitrogen and oxygen atoms in total. The third kappa shape index (κ3) is 3.96. The van der Waals surface area contributed by atoms with Crippen molar-refractivity contribution in [3.63, 3.8) is 0 Å². The van der Waals surface area contributed by atoms with Gasteiger partial charge in [0.05, 0.1) is 18.4 Å². The first-order valence-electron chi connectivity index (χ1n) is 8.12. The highest BCUT2D eigenvalue weighted by Crippen LogP contribution is 2.28. The van der Waals surface area contributed by atoms with Crippen LogP contribution in [0.3, 0.4) is 0 Å². The van der Waals surface area contributed by atoms with Crippen LogP contribution in [-0.4, -0.2) is 35.3 Å². The Bertz CT molecular complexity index is 424. The number of hydrogen-bond donors (Lipinski definition) is 1. The van der Waals surface area contributed by atoms with Crippen molar-refractivity contribution in [2.45, 2.75) is 70.4 Å². The standard InChI is InChI=1S/C16H25N3O2/c1-2-13(8-9-17)18-16(21)12-10-15(20)19(11-12)14-6-4-3-5-7-14/h12-14H,2-8,10-11H2,1H3,(H,18,21)/t12-,13+/m0/s1. The predicted octanol–water partition coefficient (Wildman–Crippen LogP) is 1.98. The molecule has 2 fully saturated rings. The number of nitriles is 1. The van der Waals surface area contributed by atoms with E-state index in [-0.39, 0.29) is 23.8 Å². The smallest absolute Gasteiger partial charge is 0.225 e. The van der Waals surface area contributed by atoms with Gasteiger partial charge in [-0.15, -0.1) is 0 Å². The molecule has 1 saturated carbocycles. The van der Waals surface area contributed by atoms with Gasteiger partial charge in [0.1, 0.15) is 0 Å². The van der Waals surface area contributed by atoms with Gasteiger partial charge in [0.25, 0.3) is 0 Å². The fraction of sp³-hybridized carbons (Fsp3) is 0.812. The molecule has 1 aliphatic carbocycles. The summed E-state index contributed by atoms with van der Waals surface area (Å²) in [6.07, 6.45) is 7.18. The van der Waals surface area contributed by atoms with Gasteiger partial charge in [0.15, 0.2) is 0 Å². The van der Waals surface area contributed by atoms with Crippen molar-refractivity contribution >= 4 is 11.8 Å². The van der Waals surface area contributed by atoms with Gasteiger partial charge in [-0.05, 0) is 19.3 Å². The summed E-state index contributed by atoms with van der Waals surface area (Å²) < 4.78 is 0. The SMILES string of the molecule is CC[C@H](CC#N)NC(=O)[C@H]1CC(=O)N(C2CCCCC2)C1. The minimum atomic E-state index is -0.243. The van der Waals surface area contributed by atoms with Crippen molar-refractivity contribution in [3.05, 3.63) is 0 Å². The maximum absolute atomic E-state index is 12.3.